The first kappa shape index (κ1) is 21.2. The number of aryl methyl sites for hydroxylation is 1. The SMILES string of the molecule is CC1CN(C)CCC1CCc1ccc(NC(=O)Cn2cnc3ccccc3c2=O)cc1. The molecular formula is C25H30N4O2. The van der Waals surface area contributed by atoms with Gasteiger partial charge in [-0.25, -0.2) is 4.98 Å². The molecule has 0 spiro atoms. The number of amides is 1. The van der Waals surface area contributed by atoms with Gasteiger partial charge in [0.2, 0.25) is 5.91 Å². The standard InChI is InChI=1S/C25H30N4O2/c1-18-15-28(2)14-13-20(18)10-7-19-8-11-21(12-9-19)27-24(30)16-29-17-26-23-6-4-3-5-22(23)25(29)31/h3-6,8-9,11-12,17-18,20H,7,10,13-16H2,1-2H3,(H,27,30). The van der Waals surface area contributed by atoms with Crippen LogP contribution < -0.4 is 10.9 Å². The number of rotatable bonds is 6. The van der Waals surface area contributed by atoms with Crippen molar-refractivity contribution < 1.29 is 4.79 Å². The maximum Gasteiger partial charge on any atom is 0.261 e. The Morgan fingerprint density at radius 3 is 2.71 bits per heavy atom. The average Bonchev–Trinajstić information content (AvgIpc) is 2.76. The summed E-state index contributed by atoms with van der Waals surface area (Å²) in [6.45, 7) is 4.67. The zero-order valence-electron chi connectivity index (χ0n) is 18.3. The number of nitrogens with one attached hydrogen (secondary N) is 1. The van der Waals surface area contributed by atoms with E-state index in [1.807, 2.05) is 18.2 Å². The van der Waals surface area contributed by atoms with Gasteiger partial charge in [0.15, 0.2) is 0 Å². The summed E-state index contributed by atoms with van der Waals surface area (Å²) in [5.41, 5.74) is 2.45. The molecule has 1 aliphatic rings. The fourth-order valence-corrected chi connectivity index (χ4v) is 4.51. The van der Waals surface area contributed by atoms with Crippen LogP contribution in [0.4, 0.5) is 5.69 Å². The molecule has 0 radical (unpaired) electrons. The number of piperidine rings is 1. The van der Waals surface area contributed by atoms with Gasteiger partial charge in [0, 0.05) is 12.2 Å². The normalized spacial score (nSPS) is 19.4. The smallest absolute Gasteiger partial charge is 0.261 e. The van der Waals surface area contributed by atoms with Gasteiger partial charge < -0.3 is 10.2 Å². The highest BCUT2D eigenvalue weighted by atomic mass is 16.2. The van der Waals surface area contributed by atoms with Gasteiger partial charge in [0.05, 0.1) is 17.2 Å². The number of anilines is 1. The number of hydrogen-bond acceptors (Lipinski definition) is 4. The summed E-state index contributed by atoms with van der Waals surface area (Å²) >= 11 is 0. The number of carbonyl (C=O) groups excluding carboxylic acids is 1. The van der Waals surface area contributed by atoms with Crippen LogP contribution in [0.25, 0.3) is 10.9 Å². The van der Waals surface area contributed by atoms with Gasteiger partial charge in [-0.2, -0.15) is 0 Å². The second kappa shape index (κ2) is 9.43. The van der Waals surface area contributed by atoms with E-state index < -0.39 is 0 Å². The van der Waals surface area contributed by atoms with Crippen molar-refractivity contribution in [2.24, 2.45) is 11.8 Å². The Morgan fingerprint density at radius 2 is 1.94 bits per heavy atom. The van der Waals surface area contributed by atoms with Gasteiger partial charge in [-0.1, -0.05) is 31.2 Å². The van der Waals surface area contributed by atoms with Crippen LogP contribution in [-0.2, 0) is 17.8 Å². The minimum Gasteiger partial charge on any atom is -0.325 e. The number of aromatic nitrogens is 2. The number of fused-ring (bicyclic) bond motifs is 1. The molecule has 4 rings (SSSR count). The Hall–Kier alpha value is -2.99. The second-order valence-electron chi connectivity index (χ2n) is 8.77. The van der Waals surface area contributed by atoms with E-state index in [1.54, 1.807) is 18.2 Å². The van der Waals surface area contributed by atoms with Gasteiger partial charge in [0.1, 0.15) is 6.54 Å². The molecule has 1 aromatic heterocycles. The van der Waals surface area contributed by atoms with Crippen molar-refractivity contribution in [2.75, 3.05) is 25.5 Å². The Morgan fingerprint density at radius 1 is 1.16 bits per heavy atom. The molecule has 0 aliphatic carbocycles. The molecular weight excluding hydrogens is 388 g/mol. The average molecular weight is 419 g/mol. The fourth-order valence-electron chi connectivity index (χ4n) is 4.51. The number of likely N-dealkylation sites (tertiary alicyclic amines) is 1. The third-order valence-corrected chi connectivity index (χ3v) is 6.37. The van der Waals surface area contributed by atoms with E-state index in [4.69, 9.17) is 0 Å². The number of benzene rings is 2. The van der Waals surface area contributed by atoms with E-state index in [0.29, 0.717) is 10.9 Å². The van der Waals surface area contributed by atoms with Crippen molar-refractivity contribution >= 4 is 22.5 Å². The summed E-state index contributed by atoms with van der Waals surface area (Å²) < 4.78 is 1.34. The number of hydrogen-bond donors (Lipinski definition) is 1. The molecule has 1 aliphatic heterocycles. The summed E-state index contributed by atoms with van der Waals surface area (Å²) in [5.74, 6) is 1.28. The molecule has 0 saturated carbocycles. The van der Waals surface area contributed by atoms with E-state index in [-0.39, 0.29) is 18.0 Å². The lowest BCUT2D eigenvalue weighted by molar-refractivity contribution is -0.116. The Kier molecular flexibility index (Phi) is 6.47. The molecule has 2 unspecified atom stereocenters. The van der Waals surface area contributed by atoms with Crippen LogP contribution in [0.5, 0.6) is 0 Å². The van der Waals surface area contributed by atoms with Gasteiger partial charge in [0.25, 0.3) is 5.56 Å². The van der Waals surface area contributed by atoms with E-state index in [2.05, 4.69) is 41.3 Å². The Labute approximate surface area is 182 Å². The molecule has 1 N–H and O–H groups in total. The van der Waals surface area contributed by atoms with Crippen LogP contribution in [0.2, 0.25) is 0 Å². The molecule has 1 fully saturated rings. The largest absolute Gasteiger partial charge is 0.325 e. The first-order valence-corrected chi connectivity index (χ1v) is 11.0. The highest BCUT2D eigenvalue weighted by molar-refractivity contribution is 5.90. The maximum absolute atomic E-state index is 12.5. The number of nitrogens with zero attached hydrogens (tertiary/aromatic N) is 3. The van der Waals surface area contributed by atoms with Crippen LogP contribution in [0, 0.1) is 11.8 Å². The van der Waals surface area contributed by atoms with Crippen LogP contribution >= 0.6 is 0 Å². The molecule has 3 aromatic rings. The predicted octanol–water partition coefficient (Wildman–Crippen LogP) is 3.56. The maximum atomic E-state index is 12.5. The van der Waals surface area contributed by atoms with Crippen LogP contribution in [0.15, 0.2) is 59.7 Å². The molecule has 1 saturated heterocycles. The first-order chi connectivity index (χ1) is 15.0. The van der Waals surface area contributed by atoms with E-state index in [9.17, 15) is 9.59 Å². The van der Waals surface area contributed by atoms with Gasteiger partial charge >= 0.3 is 0 Å². The van der Waals surface area contributed by atoms with Crippen molar-refractivity contribution in [2.45, 2.75) is 32.7 Å². The van der Waals surface area contributed by atoms with Crippen LogP contribution in [0.1, 0.15) is 25.3 Å². The van der Waals surface area contributed by atoms with Gasteiger partial charge in [-0.15, -0.1) is 0 Å². The highest BCUT2D eigenvalue weighted by Gasteiger charge is 2.23. The summed E-state index contributed by atoms with van der Waals surface area (Å²) in [6.07, 6.45) is 4.97. The van der Waals surface area contributed by atoms with Gasteiger partial charge in [-0.3, -0.25) is 14.2 Å². The van der Waals surface area contributed by atoms with Crippen molar-refractivity contribution in [3.05, 3.63) is 70.8 Å². The third kappa shape index (κ3) is 5.20. The molecule has 2 heterocycles. The minimum absolute atomic E-state index is 0.0631. The van der Waals surface area contributed by atoms with Gasteiger partial charge in [-0.05, 0) is 74.5 Å². The molecule has 2 atom stereocenters. The van der Waals surface area contributed by atoms with Crippen molar-refractivity contribution in [1.82, 2.24) is 14.5 Å². The quantitative estimate of drug-likeness (QED) is 0.665. The number of para-hydroxylation sites is 1. The van der Waals surface area contributed by atoms with Crippen LogP contribution in [-0.4, -0.2) is 40.5 Å². The lowest BCUT2D eigenvalue weighted by atomic mass is 9.83. The van der Waals surface area contributed by atoms with E-state index >= 15 is 0 Å². The summed E-state index contributed by atoms with van der Waals surface area (Å²) in [5, 5.41) is 3.39. The van der Waals surface area contributed by atoms with Crippen LogP contribution in [0.3, 0.4) is 0 Å². The highest BCUT2D eigenvalue weighted by Crippen LogP contribution is 2.27. The van der Waals surface area contributed by atoms with Crippen molar-refractivity contribution in [3.8, 4) is 0 Å². The summed E-state index contributed by atoms with van der Waals surface area (Å²) in [7, 11) is 2.20. The van der Waals surface area contributed by atoms with Crippen molar-refractivity contribution in [1.29, 1.82) is 0 Å². The van der Waals surface area contributed by atoms with E-state index in [0.717, 1.165) is 23.9 Å². The molecule has 6 heteroatoms. The lowest BCUT2D eigenvalue weighted by Crippen LogP contribution is -2.36. The topological polar surface area (TPSA) is 67.2 Å². The molecule has 2 aromatic carbocycles. The second-order valence-corrected chi connectivity index (χ2v) is 8.77. The zero-order valence-corrected chi connectivity index (χ0v) is 18.3. The first-order valence-electron chi connectivity index (χ1n) is 11.0. The Bertz CT molecular complexity index is 1110. The minimum atomic E-state index is -0.243. The number of carbonyl (C=O) groups is 1. The van der Waals surface area contributed by atoms with Crippen molar-refractivity contribution in [3.63, 3.8) is 0 Å². The molecule has 162 valence electrons. The summed E-state index contributed by atoms with van der Waals surface area (Å²) in [6, 6.07) is 15.2. The van der Waals surface area contributed by atoms with E-state index in [1.165, 1.54) is 42.4 Å². The molecule has 1 amide bonds. The Balaban J connectivity index is 1.32. The third-order valence-electron chi connectivity index (χ3n) is 6.37. The monoisotopic (exact) mass is 418 g/mol. The fraction of sp³-hybridized carbons (Fsp3) is 0.400. The molecule has 0 bridgehead atoms. The molecule has 6 nitrogen and oxygen atoms in total. The summed E-state index contributed by atoms with van der Waals surface area (Å²) in [4.78, 5) is 31.7. The molecule has 31 heavy (non-hydrogen) atoms. The zero-order chi connectivity index (χ0) is 21.8. The lowest BCUT2D eigenvalue weighted by Gasteiger charge is -2.34. The predicted molar refractivity (Wildman–Crippen MR) is 124 cm³/mol.